The van der Waals surface area contributed by atoms with Gasteiger partial charge in [-0.15, -0.1) is 5.10 Å². The number of aromatic nitrogens is 4. The fraction of sp³-hybridized carbons (Fsp3) is 0.222. The average molecular weight is 388 g/mol. The number of hydrogen-bond acceptors (Lipinski definition) is 6. The molecule has 8 nitrogen and oxygen atoms in total. The lowest BCUT2D eigenvalue weighted by Gasteiger charge is -2.10. The highest BCUT2D eigenvalue weighted by molar-refractivity contribution is 6.30. The number of carbonyl (C=O) groups is 1. The van der Waals surface area contributed by atoms with Gasteiger partial charge in [0.1, 0.15) is 24.7 Å². The van der Waals surface area contributed by atoms with Gasteiger partial charge in [0.2, 0.25) is 5.91 Å². The van der Waals surface area contributed by atoms with Crippen molar-refractivity contribution < 1.29 is 14.3 Å². The van der Waals surface area contributed by atoms with Gasteiger partial charge in [-0.2, -0.15) is 0 Å². The molecule has 3 rings (SSSR count). The van der Waals surface area contributed by atoms with E-state index in [-0.39, 0.29) is 19.1 Å². The number of hydrogen-bond donors (Lipinski definition) is 1. The van der Waals surface area contributed by atoms with Crippen LogP contribution in [0.2, 0.25) is 5.02 Å². The average Bonchev–Trinajstić information content (AvgIpc) is 3.13. The Morgan fingerprint density at radius 2 is 1.96 bits per heavy atom. The topological polar surface area (TPSA) is 91.2 Å². The Hall–Kier alpha value is -3.13. The summed E-state index contributed by atoms with van der Waals surface area (Å²) in [6, 6.07) is 14.4. The molecular formula is C18H18ClN5O3. The van der Waals surface area contributed by atoms with Crippen LogP contribution in [0, 0.1) is 0 Å². The third-order valence-corrected chi connectivity index (χ3v) is 4.00. The molecular weight excluding hydrogens is 370 g/mol. The van der Waals surface area contributed by atoms with Crippen LogP contribution in [0.1, 0.15) is 11.4 Å². The maximum absolute atomic E-state index is 12.2. The van der Waals surface area contributed by atoms with Crippen molar-refractivity contribution in [1.29, 1.82) is 0 Å². The van der Waals surface area contributed by atoms with Crippen molar-refractivity contribution in [2.24, 2.45) is 0 Å². The van der Waals surface area contributed by atoms with Crippen LogP contribution in [0.3, 0.4) is 0 Å². The Labute approximate surface area is 161 Å². The Kier molecular flexibility index (Phi) is 6.22. The summed E-state index contributed by atoms with van der Waals surface area (Å²) in [6.07, 6.45) is 0. The number of ether oxygens (including phenoxy) is 2. The lowest BCUT2D eigenvalue weighted by molar-refractivity contribution is -0.122. The summed E-state index contributed by atoms with van der Waals surface area (Å²) < 4.78 is 12.3. The Morgan fingerprint density at radius 1 is 1.19 bits per heavy atom. The molecule has 0 aliphatic rings. The third-order valence-electron chi connectivity index (χ3n) is 3.75. The molecule has 1 aromatic heterocycles. The number of nitrogens with one attached hydrogen (secondary N) is 1. The van der Waals surface area contributed by atoms with E-state index in [1.165, 1.54) is 4.68 Å². The predicted octanol–water partition coefficient (Wildman–Crippen LogP) is 2.23. The fourth-order valence-corrected chi connectivity index (χ4v) is 2.49. The Bertz CT molecular complexity index is 898. The second-order valence-electron chi connectivity index (χ2n) is 5.58. The molecule has 3 aromatic rings. The van der Waals surface area contributed by atoms with Crippen molar-refractivity contribution in [1.82, 2.24) is 25.5 Å². The molecule has 0 bridgehead atoms. The molecule has 0 fully saturated rings. The molecule has 1 N–H and O–H groups in total. The first-order valence-corrected chi connectivity index (χ1v) is 8.55. The van der Waals surface area contributed by atoms with Gasteiger partial charge in [-0.1, -0.05) is 29.8 Å². The smallest absolute Gasteiger partial charge is 0.242 e. The largest absolute Gasteiger partial charge is 0.496 e. The van der Waals surface area contributed by atoms with Gasteiger partial charge in [0.15, 0.2) is 5.82 Å². The minimum absolute atomic E-state index is 0.0124. The zero-order valence-electron chi connectivity index (χ0n) is 14.6. The standard InChI is InChI=1S/C18H18ClN5O3/c1-26-16-5-3-2-4-13(16)10-20-18(25)11-24-17(21-22-23-24)12-27-15-8-6-14(19)7-9-15/h2-9H,10-12H2,1H3,(H,20,25). The molecule has 140 valence electrons. The van der Waals surface area contributed by atoms with E-state index in [1.54, 1.807) is 31.4 Å². The first-order chi connectivity index (χ1) is 13.2. The van der Waals surface area contributed by atoms with Gasteiger partial charge in [0.25, 0.3) is 0 Å². The summed E-state index contributed by atoms with van der Waals surface area (Å²) in [4.78, 5) is 12.2. The number of rotatable bonds is 8. The second kappa shape index (κ2) is 9.00. The van der Waals surface area contributed by atoms with Crippen molar-refractivity contribution in [2.45, 2.75) is 19.7 Å². The van der Waals surface area contributed by atoms with E-state index in [1.807, 2.05) is 24.3 Å². The van der Waals surface area contributed by atoms with Gasteiger partial charge in [0.05, 0.1) is 7.11 Å². The van der Waals surface area contributed by atoms with E-state index in [0.29, 0.717) is 23.1 Å². The van der Waals surface area contributed by atoms with Crippen molar-refractivity contribution in [3.63, 3.8) is 0 Å². The SMILES string of the molecule is COc1ccccc1CNC(=O)Cn1nnnc1COc1ccc(Cl)cc1. The van der Waals surface area contributed by atoms with Crippen LogP contribution in [-0.4, -0.2) is 33.2 Å². The molecule has 0 aliphatic heterocycles. The van der Waals surface area contributed by atoms with Crippen LogP contribution in [0.5, 0.6) is 11.5 Å². The highest BCUT2D eigenvalue weighted by atomic mass is 35.5. The minimum Gasteiger partial charge on any atom is -0.496 e. The van der Waals surface area contributed by atoms with E-state index in [4.69, 9.17) is 21.1 Å². The van der Waals surface area contributed by atoms with Gasteiger partial charge in [0, 0.05) is 17.1 Å². The molecule has 0 saturated heterocycles. The summed E-state index contributed by atoms with van der Waals surface area (Å²) in [7, 11) is 1.59. The van der Waals surface area contributed by atoms with E-state index >= 15 is 0 Å². The first kappa shape index (κ1) is 18.7. The maximum Gasteiger partial charge on any atom is 0.242 e. The van der Waals surface area contributed by atoms with Crippen LogP contribution >= 0.6 is 11.6 Å². The van der Waals surface area contributed by atoms with Gasteiger partial charge >= 0.3 is 0 Å². The van der Waals surface area contributed by atoms with E-state index in [0.717, 1.165) is 11.3 Å². The number of para-hydroxylation sites is 1. The summed E-state index contributed by atoms with van der Waals surface area (Å²) in [6.45, 7) is 0.470. The molecule has 9 heteroatoms. The highest BCUT2D eigenvalue weighted by Crippen LogP contribution is 2.17. The molecule has 0 spiro atoms. The molecule has 0 aliphatic carbocycles. The van der Waals surface area contributed by atoms with E-state index in [9.17, 15) is 4.79 Å². The lowest BCUT2D eigenvalue weighted by Crippen LogP contribution is -2.28. The zero-order chi connectivity index (χ0) is 19.1. The van der Waals surface area contributed by atoms with E-state index < -0.39 is 0 Å². The normalized spacial score (nSPS) is 10.4. The van der Waals surface area contributed by atoms with Crippen LogP contribution < -0.4 is 14.8 Å². The van der Waals surface area contributed by atoms with Gasteiger partial charge in [-0.05, 0) is 40.8 Å². The zero-order valence-corrected chi connectivity index (χ0v) is 15.4. The van der Waals surface area contributed by atoms with Crippen molar-refractivity contribution in [3.8, 4) is 11.5 Å². The van der Waals surface area contributed by atoms with Gasteiger partial charge in [-0.3, -0.25) is 4.79 Å². The number of amides is 1. The highest BCUT2D eigenvalue weighted by Gasteiger charge is 2.12. The van der Waals surface area contributed by atoms with E-state index in [2.05, 4.69) is 20.8 Å². The predicted molar refractivity (Wildman–Crippen MR) is 98.4 cm³/mol. The molecule has 0 unspecified atom stereocenters. The monoisotopic (exact) mass is 387 g/mol. The number of nitrogens with zero attached hydrogens (tertiary/aromatic N) is 4. The molecule has 0 atom stereocenters. The number of tetrazole rings is 1. The van der Waals surface area contributed by atoms with Crippen molar-refractivity contribution in [3.05, 3.63) is 64.9 Å². The summed E-state index contributed by atoms with van der Waals surface area (Å²) >= 11 is 5.84. The van der Waals surface area contributed by atoms with Crippen LogP contribution in [0.25, 0.3) is 0 Å². The van der Waals surface area contributed by atoms with Crippen LogP contribution in [0.15, 0.2) is 48.5 Å². The lowest BCUT2D eigenvalue weighted by atomic mass is 10.2. The maximum atomic E-state index is 12.2. The quantitative estimate of drug-likeness (QED) is 0.637. The van der Waals surface area contributed by atoms with Crippen molar-refractivity contribution in [2.75, 3.05) is 7.11 Å². The van der Waals surface area contributed by atoms with Crippen LogP contribution in [0.4, 0.5) is 0 Å². The summed E-state index contributed by atoms with van der Waals surface area (Å²) in [5.74, 6) is 1.57. The van der Waals surface area contributed by atoms with Gasteiger partial charge < -0.3 is 14.8 Å². The minimum atomic E-state index is -0.221. The molecule has 2 aromatic carbocycles. The Morgan fingerprint density at radius 3 is 2.74 bits per heavy atom. The van der Waals surface area contributed by atoms with Gasteiger partial charge in [-0.25, -0.2) is 4.68 Å². The number of halogens is 1. The fourth-order valence-electron chi connectivity index (χ4n) is 2.36. The second-order valence-corrected chi connectivity index (χ2v) is 6.02. The molecule has 27 heavy (non-hydrogen) atoms. The number of methoxy groups -OCH3 is 1. The molecule has 1 heterocycles. The third kappa shape index (κ3) is 5.18. The molecule has 0 radical (unpaired) electrons. The molecule has 1 amide bonds. The van der Waals surface area contributed by atoms with Crippen molar-refractivity contribution >= 4 is 17.5 Å². The Balaban J connectivity index is 1.54. The number of carbonyl (C=O) groups excluding carboxylic acids is 1. The van der Waals surface area contributed by atoms with Crippen LogP contribution in [-0.2, 0) is 24.5 Å². The molecule has 0 saturated carbocycles. The summed E-state index contributed by atoms with van der Waals surface area (Å²) in [5.41, 5.74) is 0.886. The first-order valence-electron chi connectivity index (χ1n) is 8.17. The summed E-state index contributed by atoms with van der Waals surface area (Å²) in [5, 5.41) is 14.8. The number of benzene rings is 2.